The van der Waals surface area contributed by atoms with Crippen LogP contribution in [0.1, 0.15) is 22.2 Å². The van der Waals surface area contributed by atoms with E-state index >= 15 is 0 Å². The highest BCUT2D eigenvalue weighted by Crippen LogP contribution is 2.30. The monoisotopic (exact) mass is 403 g/mol. The number of hydrogen-bond donors (Lipinski definition) is 1. The molecule has 0 radical (unpaired) electrons. The lowest BCUT2D eigenvalue weighted by atomic mass is 10.1. The number of aromatic nitrogens is 4. The summed E-state index contributed by atoms with van der Waals surface area (Å²) in [6.45, 7) is 0.571. The van der Waals surface area contributed by atoms with E-state index in [2.05, 4.69) is 20.6 Å². The standard InChI is InChI=1S/C18H15F2N5O2S/c19-12-3-6-16(14(20)9-12)27-13-4-1-11(2-5-13)18(26)25-7-8-28-10-15(25)17-21-23-24-22-17/h1-6,9,15H,7-8,10H2,(H,21,22,23,24). The van der Waals surface area contributed by atoms with E-state index in [1.807, 2.05) is 0 Å². The van der Waals surface area contributed by atoms with Crippen molar-refractivity contribution >= 4 is 17.7 Å². The van der Waals surface area contributed by atoms with E-state index < -0.39 is 11.6 Å². The highest BCUT2D eigenvalue weighted by Gasteiger charge is 2.31. The third-order valence-electron chi connectivity index (χ3n) is 4.27. The SMILES string of the molecule is O=C(c1ccc(Oc2ccc(F)cc2F)cc1)N1CCSCC1c1nn[nH]n1. The topological polar surface area (TPSA) is 84.0 Å². The van der Waals surface area contributed by atoms with Gasteiger partial charge in [-0.1, -0.05) is 5.21 Å². The number of amides is 1. The molecule has 1 saturated heterocycles. The Bertz CT molecular complexity index is 969. The molecule has 1 unspecified atom stereocenters. The van der Waals surface area contributed by atoms with Gasteiger partial charge in [-0.15, -0.1) is 10.2 Å². The highest BCUT2D eigenvalue weighted by molar-refractivity contribution is 7.99. The van der Waals surface area contributed by atoms with Gasteiger partial charge < -0.3 is 9.64 Å². The van der Waals surface area contributed by atoms with Crippen LogP contribution in [0.4, 0.5) is 8.78 Å². The molecule has 1 fully saturated rings. The highest BCUT2D eigenvalue weighted by atomic mass is 32.2. The van der Waals surface area contributed by atoms with Gasteiger partial charge in [0.15, 0.2) is 17.4 Å². The average molecular weight is 403 g/mol. The normalized spacial score (nSPS) is 16.8. The van der Waals surface area contributed by atoms with Crippen LogP contribution in [0.2, 0.25) is 0 Å². The van der Waals surface area contributed by atoms with Crippen LogP contribution in [-0.2, 0) is 0 Å². The third-order valence-corrected chi connectivity index (χ3v) is 5.29. The van der Waals surface area contributed by atoms with Crippen LogP contribution >= 0.6 is 11.8 Å². The van der Waals surface area contributed by atoms with Gasteiger partial charge in [0.2, 0.25) is 0 Å². The summed E-state index contributed by atoms with van der Waals surface area (Å²) in [6, 6.07) is 9.17. The molecular weight excluding hydrogens is 388 g/mol. The molecule has 2 heterocycles. The van der Waals surface area contributed by atoms with Gasteiger partial charge in [0.05, 0.1) is 0 Å². The first-order valence-corrected chi connectivity index (χ1v) is 9.62. The van der Waals surface area contributed by atoms with Gasteiger partial charge in [-0.25, -0.2) is 8.78 Å². The van der Waals surface area contributed by atoms with Crippen molar-refractivity contribution in [3.63, 3.8) is 0 Å². The first-order chi connectivity index (χ1) is 13.6. The molecule has 7 nitrogen and oxygen atoms in total. The number of rotatable bonds is 4. The van der Waals surface area contributed by atoms with Crippen LogP contribution in [0.3, 0.4) is 0 Å². The Morgan fingerprint density at radius 3 is 2.75 bits per heavy atom. The summed E-state index contributed by atoms with van der Waals surface area (Å²) in [6.07, 6.45) is 0. The van der Waals surface area contributed by atoms with Crippen molar-refractivity contribution in [2.24, 2.45) is 0 Å². The zero-order valence-electron chi connectivity index (χ0n) is 14.5. The molecule has 1 aliphatic rings. The predicted molar refractivity (Wildman–Crippen MR) is 98.2 cm³/mol. The molecular formula is C18H15F2N5O2S. The molecule has 1 N–H and O–H groups in total. The van der Waals surface area contributed by atoms with Crippen LogP contribution in [0.15, 0.2) is 42.5 Å². The van der Waals surface area contributed by atoms with Gasteiger partial charge in [0.1, 0.15) is 17.6 Å². The molecule has 1 aromatic heterocycles. The van der Waals surface area contributed by atoms with E-state index in [1.165, 1.54) is 6.07 Å². The minimum absolute atomic E-state index is 0.0919. The fourth-order valence-corrected chi connectivity index (χ4v) is 3.93. The van der Waals surface area contributed by atoms with Crippen molar-refractivity contribution in [1.29, 1.82) is 0 Å². The van der Waals surface area contributed by atoms with Crippen LogP contribution in [-0.4, -0.2) is 49.5 Å². The summed E-state index contributed by atoms with van der Waals surface area (Å²) >= 11 is 1.73. The quantitative estimate of drug-likeness (QED) is 0.720. The van der Waals surface area contributed by atoms with Crippen molar-refractivity contribution < 1.29 is 18.3 Å². The van der Waals surface area contributed by atoms with Gasteiger partial charge in [-0.2, -0.15) is 17.0 Å². The lowest BCUT2D eigenvalue weighted by Gasteiger charge is -2.33. The molecule has 0 bridgehead atoms. The van der Waals surface area contributed by atoms with Crippen LogP contribution in [0.5, 0.6) is 11.5 Å². The second-order valence-electron chi connectivity index (χ2n) is 6.06. The molecule has 0 aliphatic carbocycles. The van der Waals surface area contributed by atoms with Crippen LogP contribution in [0.25, 0.3) is 0 Å². The lowest BCUT2D eigenvalue weighted by molar-refractivity contribution is 0.0694. The molecule has 1 aliphatic heterocycles. The Labute approximate surface area is 163 Å². The summed E-state index contributed by atoms with van der Waals surface area (Å²) in [5.41, 5.74) is 0.465. The van der Waals surface area contributed by atoms with E-state index in [-0.39, 0.29) is 17.7 Å². The van der Waals surface area contributed by atoms with E-state index in [4.69, 9.17) is 4.74 Å². The number of nitrogens with one attached hydrogen (secondary N) is 1. The minimum Gasteiger partial charge on any atom is -0.454 e. The summed E-state index contributed by atoms with van der Waals surface area (Å²) < 4.78 is 32.1. The molecule has 28 heavy (non-hydrogen) atoms. The zero-order valence-corrected chi connectivity index (χ0v) is 15.3. The number of halogens is 2. The number of thioether (sulfide) groups is 1. The Balaban J connectivity index is 1.50. The number of ether oxygens (including phenoxy) is 1. The Kier molecular flexibility index (Phi) is 5.20. The molecule has 4 rings (SSSR count). The van der Waals surface area contributed by atoms with E-state index in [0.29, 0.717) is 29.4 Å². The Hall–Kier alpha value is -3.01. The molecule has 1 atom stereocenters. The maximum Gasteiger partial charge on any atom is 0.254 e. The van der Waals surface area contributed by atoms with Gasteiger partial charge >= 0.3 is 0 Å². The Morgan fingerprint density at radius 1 is 1.21 bits per heavy atom. The smallest absolute Gasteiger partial charge is 0.254 e. The number of hydrogen-bond acceptors (Lipinski definition) is 6. The van der Waals surface area contributed by atoms with Crippen molar-refractivity contribution in [2.45, 2.75) is 6.04 Å². The van der Waals surface area contributed by atoms with E-state index in [0.717, 1.165) is 17.9 Å². The number of tetrazole rings is 1. The van der Waals surface area contributed by atoms with Crippen molar-refractivity contribution in [3.8, 4) is 11.5 Å². The number of aromatic amines is 1. The third kappa shape index (κ3) is 3.81. The van der Waals surface area contributed by atoms with Gasteiger partial charge in [-0.3, -0.25) is 4.79 Å². The van der Waals surface area contributed by atoms with Gasteiger partial charge in [0, 0.05) is 29.7 Å². The lowest BCUT2D eigenvalue weighted by Crippen LogP contribution is -2.41. The fourth-order valence-electron chi connectivity index (χ4n) is 2.89. The first-order valence-electron chi connectivity index (χ1n) is 8.47. The molecule has 0 saturated carbocycles. The largest absolute Gasteiger partial charge is 0.454 e. The average Bonchev–Trinajstić information content (AvgIpc) is 3.25. The molecule has 10 heteroatoms. The summed E-state index contributed by atoms with van der Waals surface area (Å²) in [5.74, 6) is 0.607. The number of H-pyrrole nitrogens is 1. The maximum atomic E-state index is 13.7. The number of carbonyl (C=O) groups excluding carboxylic acids is 1. The maximum absolute atomic E-state index is 13.7. The van der Waals surface area contributed by atoms with Gasteiger partial charge in [-0.05, 0) is 36.4 Å². The van der Waals surface area contributed by atoms with Crippen molar-refractivity contribution in [1.82, 2.24) is 25.5 Å². The number of nitrogens with zero attached hydrogens (tertiary/aromatic N) is 4. The fraction of sp³-hybridized carbons (Fsp3) is 0.222. The molecule has 1 amide bonds. The van der Waals surface area contributed by atoms with E-state index in [9.17, 15) is 13.6 Å². The van der Waals surface area contributed by atoms with E-state index in [1.54, 1.807) is 40.9 Å². The molecule has 0 spiro atoms. The second kappa shape index (κ2) is 7.93. The zero-order chi connectivity index (χ0) is 19.5. The predicted octanol–water partition coefficient (Wildman–Crippen LogP) is 3.20. The first kappa shape index (κ1) is 18.4. The second-order valence-corrected chi connectivity index (χ2v) is 7.21. The summed E-state index contributed by atoms with van der Waals surface area (Å²) in [7, 11) is 0. The van der Waals surface area contributed by atoms with Crippen LogP contribution in [0, 0.1) is 11.6 Å². The van der Waals surface area contributed by atoms with Gasteiger partial charge in [0.25, 0.3) is 5.91 Å². The Morgan fingerprint density at radius 2 is 2.04 bits per heavy atom. The van der Waals surface area contributed by atoms with Crippen molar-refractivity contribution in [3.05, 3.63) is 65.5 Å². The summed E-state index contributed by atoms with van der Waals surface area (Å²) in [5, 5.41) is 14.0. The van der Waals surface area contributed by atoms with Crippen LogP contribution < -0.4 is 4.74 Å². The summed E-state index contributed by atoms with van der Waals surface area (Å²) in [4.78, 5) is 14.7. The number of benzene rings is 2. The molecule has 144 valence electrons. The molecule has 2 aromatic carbocycles. The van der Waals surface area contributed by atoms with Crippen molar-refractivity contribution in [2.75, 3.05) is 18.1 Å². The minimum atomic E-state index is -0.797. The molecule has 3 aromatic rings. The number of carbonyl (C=O) groups is 1.